The normalized spacial score (nSPS) is 34.7. The number of hydrogen-bond donors (Lipinski definition) is 0. The first kappa shape index (κ1) is 12.7. The Balaban J connectivity index is 1.32. The molecule has 3 aliphatic rings. The summed E-state index contributed by atoms with van der Waals surface area (Å²) in [6, 6.07) is 6.91. The van der Waals surface area contributed by atoms with Gasteiger partial charge in [-0.25, -0.2) is 0 Å². The number of nitrogens with zero attached hydrogens (tertiary/aromatic N) is 3. The second-order valence-corrected chi connectivity index (χ2v) is 6.51. The third kappa shape index (κ3) is 2.48. The van der Waals surface area contributed by atoms with Gasteiger partial charge in [-0.1, -0.05) is 6.07 Å². The maximum absolute atomic E-state index is 5.53. The van der Waals surface area contributed by atoms with Crippen LogP contribution in [0.15, 0.2) is 24.4 Å². The lowest BCUT2D eigenvalue weighted by Crippen LogP contribution is -2.36. The molecule has 20 heavy (non-hydrogen) atoms. The van der Waals surface area contributed by atoms with Crippen LogP contribution in [0.3, 0.4) is 0 Å². The summed E-state index contributed by atoms with van der Waals surface area (Å²) < 4.78 is 5.53. The molecule has 3 aliphatic heterocycles. The van der Waals surface area contributed by atoms with Crippen molar-refractivity contribution in [2.24, 2.45) is 11.8 Å². The summed E-state index contributed by atoms with van der Waals surface area (Å²) in [6.45, 7) is 7.96. The highest BCUT2D eigenvalue weighted by Crippen LogP contribution is 2.33. The van der Waals surface area contributed by atoms with Crippen molar-refractivity contribution in [2.75, 3.05) is 39.4 Å². The number of rotatable bonds is 3. The highest BCUT2D eigenvalue weighted by molar-refractivity contribution is 5.05. The topological polar surface area (TPSA) is 28.6 Å². The van der Waals surface area contributed by atoms with E-state index < -0.39 is 0 Å². The monoisotopic (exact) mass is 273 g/mol. The molecule has 0 aliphatic carbocycles. The quantitative estimate of drug-likeness (QED) is 0.828. The number of aromatic nitrogens is 1. The standard InChI is InChI=1S/C16H23N3O/c1-2-5-17-15(3-1)11-18-7-13-9-19(10-14(13)8-18)16-4-6-20-12-16/h1-3,5,13-14,16H,4,6-12H2/t13-,14+,16-/m1/s1. The maximum Gasteiger partial charge on any atom is 0.0622 e. The van der Waals surface area contributed by atoms with Gasteiger partial charge in [-0.2, -0.15) is 0 Å². The van der Waals surface area contributed by atoms with Gasteiger partial charge >= 0.3 is 0 Å². The summed E-state index contributed by atoms with van der Waals surface area (Å²) >= 11 is 0. The molecule has 0 bridgehead atoms. The Hall–Kier alpha value is -0.970. The maximum atomic E-state index is 5.53. The summed E-state index contributed by atoms with van der Waals surface area (Å²) in [4.78, 5) is 9.71. The van der Waals surface area contributed by atoms with Crippen LogP contribution in [-0.4, -0.2) is 60.2 Å². The summed E-state index contributed by atoms with van der Waals surface area (Å²) in [5.41, 5.74) is 1.20. The lowest BCUT2D eigenvalue weighted by molar-refractivity contribution is 0.149. The van der Waals surface area contributed by atoms with Crippen LogP contribution in [-0.2, 0) is 11.3 Å². The lowest BCUT2D eigenvalue weighted by atomic mass is 10.0. The first-order chi connectivity index (χ1) is 9.88. The first-order valence-corrected chi connectivity index (χ1v) is 7.82. The van der Waals surface area contributed by atoms with Crippen molar-refractivity contribution < 1.29 is 4.74 Å². The van der Waals surface area contributed by atoms with Crippen LogP contribution >= 0.6 is 0 Å². The van der Waals surface area contributed by atoms with Gasteiger partial charge in [-0.3, -0.25) is 14.8 Å². The molecular weight excluding hydrogens is 250 g/mol. The van der Waals surface area contributed by atoms with E-state index in [0.717, 1.165) is 31.6 Å². The van der Waals surface area contributed by atoms with Gasteiger partial charge in [0, 0.05) is 51.6 Å². The average Bonchev–Trinajstić information content (AvgIpc) is 3.13. The average molecular weight is 273 g/mol. The highest BCUT2D eigenvalue weighted by Gasteiger charge is 2.42. The summed E-state index contributed by atoms with van der Waals surface area (Å²) in [7, 11) is 0. The van der Waals surface area contributed by atoms with Crippen LogP contribution in [0.4, 0.5) is 0 Å². The molecule has 0 amide bonds. The van der Waals surface area contributed by atoms with Crippen molar-refractivity contribution in [3.63, 3.8) is 0 Å². The third-order valence-corrected chi connectivity index (χ3v) is 5.12. The van der Waals surface area contributed by atoms with E-state index in [1.165, 1.54) is 38.3 Å². The zero-order valence-electron chi connectivity index (χ0n) is 11.9. The van der Waals surface area contributed by atoms with Crippen LogP contribution in [0.25, 0.3) is 0 Å². The molecule has 4 nitrogen and oxygen atoms in total. The SMILES string of the molecule is c1ccc(CN2C[C@@H]3CN([C@@H]4CCOC4)C[C@@H]3C2)nc1. The van der Waals surface area contributed by atoms with Crippen molar-refractivity contribution >= 4 is 0 Å². The number of pyridine rings is 1. The predicted octanol–water partition coefficient (Wildman–Crippen LogP) is 1.23. The van der Waals surface area contributed by atoms with E-state index in [-0.39, 0.29) is 0 Å². The molecule has 0 N–H and O–H groups in total. The first-order valence-electron chi connectivity index (χ1n) is 7.82. The number of likely N-dealkylation sites (tertiary alicyclic amines) is 2. The van der Waals surface area contributed by atoms with Crippen LogP contribution in [0.5, 0.6) is 0 Å². The lowest BCUT2D eigenvalue weighted by Gasteiger charge is -2.25. The van der Waals surface area contributed by atoms with E-state index in [2.05, 4.69) is 26.9 Å². The Morgan fingerprint density at radius 3 is 2.65 bits per heavy atom. The Morgan fingerprint density at radius 2 is 2.00 bits per heavy atom. The molecule has 4 rings (SSSR count). The van der Waals surface area contributed by atoms with Gasteiger partial charge in [-0.05, 0) is 30.4 Å². The Bertz CT molecular complexity index is 432. The minimum atomic E-state index is 0.699. The number of hydrogen-bond acceptors (Lipinski definition) is 4. The molecule has 1 aromatic rings. The van der Waals surface area contributed by atoms with Crippen molar-refractivity contribution in [1.82, 2.24) is 14.8 Å². The smallest absolute Gasteiger partial charge is 0.0622 e. The van der Waals surface area contributed by atoms with Gasteiger partial charge in [-0.15, -0.1) is 0 Å². The molecule has 4 heteroatoms. The Kier molecular flexibility index (Phi) is 3.46. The fourth-order valence-electron chi connectivity index (χ4n) is 4.08. The summed E-state index contributed by atoms with van der Waals surface area (Å²) in [5, 5.41) is 0. The van der Waals surface area contributed by atoms with E-state index in [1.807, 2.05) is 12.3 Å². The molecular formula is C16H23N3O. The molecule has 0 saturated carbocycles. The Labute approximate surface area is 120 Å². The van der Waals surface area contributed by atoms with Gasteiger partial charge in [0.15, 0.2) is 0 Å². The van der Waals surface area contributed by atoms with Gasteiger partial charge in [0.1, 0.15) is 0 Å². The molecule has 0 aromatic carbocycles. The highest BCUT2D eigenvalue weighted by atomic mass is 16.5. The minimum absolute atomic E-state index is 0.699. The molecule has 1 aromatic heterocycles. The fourth-order valence-corrected chi connectivity index (χ4v) is 4.08. The predicted molar refractivity (Wildman–Crippen MR) is 77.3 cm³/mol. The Morgan fingerprint density at radius 1 is 1.15 bits per heavy atom. The van der Waals surface area contributed by atoms with Crippen LogP contribution in [0.1, 0.15) is 12.1 Å². The van der Waals surface area contributed by atoms with Crippen molar-refractivity contribution in [1.29, 1.82) is 0 Å². The zero-order valence-corrected chi connectivity index (χ0v) is 11.9. The summed E-state index contributed by atoms with van der Waals surface area (Å²) in [5.74, 6) is 1.72. The molecule has 0 radical (unpaired) electrons. The van der Waals surface area contributed by atoms with Gasteiger partial charge in [0.25, 0.3) is 0 Å². The summed E-state index contributed by atoms with van der Waals surface area (Å²) in [6.07, 6.45) is 3.13. The second kappa shape index (κ2) is 5.43. The van der Waals surface area contributed by atoms with Gasteiger partial charge in [0.2, 0.25) is 0 Å². The van der Waals surface area contributed by atoms with E-state index in [4.69, 9.17) is 4.74 Å². The fraction of sp³-hybridized carbons (Fsp3) is 0.688. The number of fused-ring (bicyclic) bond motifs is 1. The van der Waals surface area contributed by atoms with E-state index in [1.54, 1.807) is 0 Å². The molecule has 3 atom stereocenters. The van der Waals surface area contributed by atoms with Gasteiger partial charge < -0.3 is 4.74 Å². The molecule has 3 saturated heterocycles. The van der Waals surface area contributed by atoms with Crippen LogP contribution < -0.4 is 0 Å². The largest absolute Gasteiger partial charge is 0.380 e. The van der Waals surface area contributed by atoms with E-state index in [0.29, 0.717) is 6.04 Å². The van der Waals surface area contributed by atoms with Crippen molar-refractivity contribution in [3.05, 3.63) is 30.1 Å². The van der Waals surface area contributed by atoms with E-state index in [9.17, 15) is 0 Å². The zero-order chi connectivity index (χ0) is 13.4. The van der Waals surface area contributed by atoms with Crippen molar-refractivity contribution in [2.45, 2.75) is 19.0 Å². The molecule has 0 spiro atoms. The van der Waals surface area contributed by atoms with Crippen LogP contribution in [0, 0.1) is 11.8 Å². The molecule has 108 valence electrons. The molecule has 3 fully saturated rings. The second-order valence-electron chi connectivity index (χ2n) is 6.51. The van der Waals surface area contributed by atoms with Gasteiger partial charge in [0.05, 0.1) is 12.3 Å². The van der Waals surface area contributed by atoms with E-state index >= 15 is 0 Å². The minimum Gasteiger partial charge on any atom is -0.380 e. The number of ether oxygens (including phenoxy) is 1. The molecule has 4 heterocycles. The molecule has 0 unspecified atom stereocenters. The van der Waals surface area contributed by atoms with Crippen molar-refractivity contribution in [3.8, 4) is 0 Å². The van der Waals surface area contributed by atoms with Crippen LogP contribution in [0.2, 0.25) is 0 Å². The third-order valence-electron chi connectivity index (χ3n) is 5.12.